The highest BCUT2D eigenvalue weighted by Gasteiger charge is 2.26. The molecule has 1 aromatic rings. The number of nitrogens with zero attached hydrogens (tertiary/aromatic N) is 1. The van der Waals surface area contributed by atoms with E-state index in [1.165, 1.54) is 12.8 Å². The molecule has 0 radical (unpaired) electrons. The number of rotatable bonds is 3. The van der Waals surface area contributed by atoms with E-state index in [1.807, 2.05) is 6.07 Å². The lowest BCUT2D eigenvalue weighted by atomic mass is 9.90. The van der Waals surface area contributed by atoms with Crippen molar-refractivity contribution in [1.29, 1.82) is 0 Å². The molecule has 90 valence electrons. The second-order valence-electron chi connectivity index (χ2n) is 4.93. The van der Waals surface area contributed by atoms with Gasteiger partial charge in [0.15, 0.2) is 0 Å². The van der Waals surface area contributed by atoms with Crippen molar-refractivity contribution in [1.82, 2.24) is 4.90 Å². The first kappa shape index (κ1) is 11.7. The molecule has 0 aromatic carbocycles. The Morgan fingerprint density at radius 3 is 2.62 bits per heavy atom. The highest BCUT2D eigenvalue weighted by molar-refractivity contribution is 5.04. The van der Waals surface area contributed by atoms with E-state index in [9.17, 15) is 0 Å². The Bertz CT molecular complexity index is 302. The summed E-state index contributed by atoms with van der Waals surface area (Å²) in [6.07, 6.45) is 6.47. The van der Waals surface area contributed by atoms with Crippen LogP contribution in [0.4, 0.5) is 0 Å². The first-order valence-corrected chi connectivity index (χ1v) is 6.19. The molecule has 0 bridgehead atoms. The minimum Gasteiger partial charge on any atom is -0.468 e. The Labute approximate surface area is 97.6 Å². The molecule has 2 rings (SSSR count). The summed E-state index contributed by atoms with van der Waals surface area (Å²) in [5.74, 6) is 1.05. The molecule has 1 aromatic heterocycles. The molecule has 16 heavy (non-hydrogen) atoms. The summed E-state index contributed by atoms with van der Waals surface area (Å²) in [4.78, 5) is 2.42. The van der Waals surface area contributed by atoms with Gasteiger partial charge in [-0.1, -0.05) is 0 Å². The van der Waals surface area contributed by atoms with Gasteiger partial charge in [0.1, 0.15) is 5.76 Å². The molecule has 1 atom stereocenters. The van der Waals surface area contributed by atoms with Crippen LogP contribution in [0.1, 0.15) is 44.4 Å². The lowest BCUT2D eigenvalue weighted by Gasteiger charge is -2.36. The van der Waals surface area contributed by atoms with Crippen LogP contribution in [0.5, 0.6) is 0 Å². The number of hydrogen-bond acceptors (Lipinski definition) is 3. The molecule has 0 aliphatic heterocycles. The topological polar surface area (TPSA) is 42.4 Å². The second-order valence-corrected chi connectivity index (χ2v) is 4.93. The maximum absolute atomic E-state index is 5.93. The summed E-state index contributed by atoms with van der Waals surface area (Å²) in [6, 6.07) is 5.43. The third kappa shape index (κ3) is 2.47. The van der Waals surface area contributed by atoms with Crippen LogP contribution in [0.3, 0.4) is 0 Å². The smallest absolute Gasteiger partial charge is 0.120 e. The van der Waals surface area contributed by atoms with Crippen LogP contribution in [-0.4, -0.2) is 24.0 Å². The molecule has 0 saturated heterocycles. The van der Waals surface area contributed by atoms with Gasteiger partial charge in [0.2, 0.25) is 0 Å². The van der Waals surface area contributed by atoms with Crippen molar-refractivity contribution in [3.8, 4) is 0 Å². The molecule has 3 nitrogen and oxygen atoms in total. The fourth-order valence-corrected chi connectivity index (χ4v) is 2.55. The average molecular weight is 222 g/mol. The minimum atomic E-state index is 0.356. The Balaban J connectivity index is 1.94. The molecule has 1 unspecified atom stereocenters. The Hall–Kier alpha value is -0.800. The maximum Gasteiger partial charge on any atom is 0.120 e. The first-order chi connectivity index (χ1) is 7.68. The van der Waals surface area contributed by atoms with E-state index in [2.05, 4.69) is 24.9 Å². The van der Waals surface area contributed by atoms with Crippen LogP contribution in [-0.2, 0) is 0 Å². The molecule has 1 heterocycles. The van der Waals surface area contributed by atoms with E-state index >= 15 is 0 Å². The van der Waals surface area contributed by atoms with E-state index in [0.29, 0.717) is 18.1 Å². The molecule has 2 N–H and O–H groups in total. The van der Waals surface area contributed by atoms with Gasteiger partial charge in [-0.05, 0) is 51.8 Å². The molecule has 1 saturated carbocycles. The summed E-state index contributed by atoms with van der Waals surface area (Å²) >= 11 is 0. The Morgan fingerprint density at radius 1 is 1.38 bits per heavy atom. The Kier molecular flexibility index (Phi) is 3.66. The van der Waals surface area contributed by atoms with Crippen molar-refractivity contribution in [3.63, 3.8) is 0 Å². The van der Waals surface area contributed by atoms with Crippen molar-refractivity contribution in [3.05, 3.63) is 24.2 Å². The predicted molar refractivity (Wildman–Crippen MR) is 65.1 cm³/mol. The summed E-state index contributed by atoms with van der Waals surface area (Å²) < 4.78 is 5.46. The van der Waals surface area contributed by atoms with E-state index in [1.54, 1.807) is 6.26 Å². The second kappa shape index (κ2) is 5.02. The van der Waals surface area contributed by atoms with Crippen molar-refractivity contribution >= 4 is 0 Å². The largest absolute Gasteiger partial charge is 0.468 e. The zero-order chi connectivity index (χ0) is 11.5. The highest BCUT2D eigenvalue weighted by atomic mass is 16.3. The first-order valence-electron chi connectivity index (χ1n) is 6.19. The fourth-order valence-electron chi connectivity index (χ4n) is 2.55. The van der Waals surface area contributed by atoms with Gasteiger partial charge in [-0.3, -0.25) is 4.90 Å². The van der Waals surface area contributed by atoms with E-state index in [4.69, 9.17) is 10.2 Å². The standard InChI is InChI=1S/C13H22N2O/c1-10(13-4-3-9-16-13)15(2)12-7-5-11(14)6-8-12/h3-4,9-12H,5-8,14H2,1-2H3. The number of hydrogen-bond donors (Lipinski definition) is 1. The third-order valence-corrected chi connectivity index (χ3v) is 3.88. The average Bonchev–Trinajstić information content (AvgIpc) is 2.81. The van der Waals surface area contributed by atoms with Crippen molar-refractivity contribution in [2.24, 2.45) is 5.73 Å². The zero-order valence-electron chi connectivity index (χ0n) is 10.2. The van der Waals surface area contributed by atoms with Gasteiger partial charge in [0, 0.05) is 12.1 Å². The highest BCUT2D eigenvalue weighted by Crippen LogP contribution is 2.28. The van der Waals surface area contributed by atoms with E-state index < -0.39 is 0 Å². The zero-order valence-corrected chi connectivity index (χ0v) is 10.2. The lowest BCUT2D eigenvalue weighted by Crippen LogP contribution is -2.39. The quantitative estimate of drug-likeness (QED) is 0.854. The van der Waals surface area contributed by atoms with Crippen LogP contribution >= 0.6 is 0 Å². The van der Waals surface area contributed by atoms with Crippen molar-refractivity contribution in [2.75, 3.05) is 7.05 Å². The number of nitrogens with two attached hydrogens (primary N) is 1. The fraction of sp³-hybridized carbons (Fsp3) is 0.692. The van der Waals surface area contributed by atoms with Gasteiger partial charge in [0.05, 0.1) is 12.3 Å². The van der Waals surface area contributed by atoms with Crippen LogP contribution in [0, 0.1) is 0 Å². The number of furan rings is 1. The van der Waals surface area contributed by atoms with Crippen molar-refractivity contribution < 1.29 is 4.42 Å². The summed E-state index contributed by atoms with van der Waals surface area (Å²) in [5, 5.41) is 0. The Morgan fingerprint density at radius 2 is 2.06 bits per heavy atom. The van der Waals surface area contributed by atoms with Gasteiger partial charge in [-0.2, -0.15) is 0 Å². The molecule has 0 spiro atoms. The van der Waals surface area contributed by atoms with Gasteiger partial charge in [0.25, 0.3) is 0 Å². The molecular weight excluding hydrogens is 200 g/mol. The minimum absolute atomic E-state index is 0.356. The van der Waals surface area contributed by atoms with Crippen LogP contribution in [0.2, 0.25) is 0 Å². The lowest BCUT2D eigenvalue weighted by molar-refractivity contribution is 0.127. The van der Waals surface area contributed by atoms with Gasteiger partial charge < -0.3 is 10.2 Å². The SMILES string of the molecule is CC(c1ccco1)N(C)C1CCC(N)CC1. The van der Waals surface area contributed by atoms with Crippen LogP contribution in [0.25, 0.3) is 0 Å². The monoisotopic (exact) mass is 222 g/mol. The van der Waals surface area contributed by atoms with E-state index in [-0.39, 0.29) is 0 Å². The molecule has 3 heteroatoms. The van der Waals surface area contributed by atoms with E-state index in [0.717, 1.165) is 18.6 Å². The van der Waals surface area contributed by atoms with Gasteiger partial charge in [-0.25, -0.2) is 0 Å². The summed E-state index contributed by atoms with van der Waals surface area (Å²) in [6.45, 7) is 2.20. The normalized spacial score (nSPS) is 28.2. The molecular formula is C13H22N2O. The summed E-state index contributed by atoms with van der Waals surface area (Å²) in [5.41, 5.74) is 5.93. The molecule has 1 aliphatic carbocycles. The molecule has 1 fully saturated rings. The van der Waals surface area contributed by atoms with Crippen molar-refractivity contribution in [2.45, 2.75) is 50.7 Å². The predicted octanol–water partition coefficient (Wildman–Crippen LogP) is 2.54. The third-order valence-electron chi connectivity index (χ3n) is 3.88. The van der Waals surface area contributed by atoms with Crippen LogP contribution in [0.15, 0.2) is 22.8 Å². The van der Waals surface area contributed by atoms with Gasteiger partial charge in [-0.15, -0.1) is 0 Å². The van der Waals surface area contributed by atoms with Crippen LogP contribution < -0.4 is 5.73 Å². The summed E-state index contributed by atoms with van der Waals surface area (Å²) in [7, 11) is 2.19. The van der Waals surface area contributed by atoms with Gasteiger partial charge >= 0.3 is 0 Å². The molecule has 1 aliphatic rings. The molecule has 0 amide bonds. The maximum atomic E-state index is 5.93.